The first kappa shape index (κ1) is 37.3. The van der Waals surface area contributed by atoms with E-state index in [9.17, 15) is 36.2 Å². The summed E-state index contributed by atoms with van der Waals surface area (Å²) in [6, 6.07) is 9.79. The summed E-state index contributed by atoms with van der Waals surface area (Å²) in [5, 5.41) is 31.3. The van der Waals surface area contributed by atoms with Gasteiger partial charge in [-0.2, -0.15) is 26.3 Å². The summed E-state index contributed by atoms with van der Waals surface area (Å²) in [6.07, 6.45) is -6.28. The first-order valence-corrected chi connectivity index (χ1v) is 13.1. The Balaban J connectivity index is 0.000000440. The van der Waals surface area contributed by atoms with Gasteiger partial charge in [0.15, 0.2) is 11.5 Å². The Kier molecular flexibility index (Phi) is 12.9. The van der Waals surface area contributed by atoms with Gasteiger partial charge in [-0.1, -0.05) is 12.1 Å². The molecule has 1 aromatic heterocycles. The molecule has 7 N–H and O–H groups in total. The normalized spacial score (nSPS) is 12.6. The van der Waals surface area contributed by atoms with Crippen molar-refractivity contribution in [3.8, 4) is 11.5 Å². The van der Waals surface area contributed by atoms with Gasteiger partial charge in [0.25, 0.3) is 5.91 Å². The molecule has 1 aliphatic carbocycles. The van der Waals surface area contributed by atoms with Crippen LogP contribution >= 0.6 is 0 Å². The fourth-order valence-electron chi connectivity index (χ4n) is 3.63. The standard InChI is InChI=1S/C24H28N4O4.2C2HF3O2/c1-14-15(13-29)4-3-5-19(14)28-23-17-10-22(32-9-8-26-16-6-7-16)21(31-2)11-20(17)27-12-18(23)24(25)30;2*3-2(4,5)1(6)7/h3-5,10-12,16,26,29H,6-9,13H2,1-2H3,(H2,25,30)(H,27,28);2*(H,6,7). The van der Waals surface area contributed by atoms with E-state index in [1.54, 1.807) is 13.2 Å². The predicted octanol–water partition coefficient (Wildman–Crippen LogP) is 4.28. The number of hydrogen-bond donors (Lipinski definition) is 6. The van der Waals surface area contributed by atoms with E-state index in [-0.39, 0.29) is 12.2 Å². The van der Waals surface area contributed by atoms with Crippen molar-refractivity contribution in [3.63, 3.8) is 0 Å². The van der Waals surface area contributed by atoms with Crippen molar-refractivity contribution >= 4 is 40.1 Å². The number of carboxylic acids is 2. The highest BCUT2D eigenvalue weighted by Crippen LogP contribution is 2.38. The first-order valence-electron chi connectivity index (χ1n) is 13.1. The molecule has 0 spiro atoms. The number of anilines is 2. The summed E-state index contributed by atoms with van der Waals surface area (Å²) in [6.45, 7) is 3.06. The lowest BCUT2D eigenvalue weighted by Crippen LogP contribution is -2.22. The van der Waals surface area contributed by atoms with Crippen molar-refractivity contribution < 1.29 is 65.5 Å². The number of hydrogen-bond acceptors (Lipinski definition) is 9. The van der Waals surface area contributed by atoms with E-state index >= 15 is 0 Å². The lowest BCUT2D eigenvalue weighted by molar-refractivity contribution is -0.193. The van der Waals surface area contributed by atoms with Gasteiger partial charge < -0.3 is 41.2 Å². The number of pyridine rings is 1. The molecule has 1 fully saturated rings. The van der Waals surface area contributed by atoms with Crippen LogP contribution in [0, 0.1) is 6.92 Å². The van der Waals surface area contributed by atoms with E-state index in [0.717, 1.165) is 23.4 Å². The molecule has 1 amide bonds. The van der Waals surface area contributed by atoms with Gasteiger partial charge in [0.1, 0.15) is 6.61 Å². The highest BCUT2D eigenvalue weighted by molar-refractivity contribution is 6.08. The number of carbonyl (C=O) groups is 3. The van der Waals surface area contributed by atoms with Crippen LogP contribution in [0.15, 0.2) is 36.5 Å². The second-order valence-electron chi connectivity index (χ2n) is 9.49. The van der Waals surface area contributed by atoms with Gasteiger partial charge in [0.05, 0.1) is 30.5 Å². The quantitative estimate of drug-likeness (QED) is 0.134. The zero-order valence-electron chi connectivity index (χ0n) is 24.3. The molecule has 0 saturated heterocycles. The van der Waals surface area contributed by atoms with Crippen molar-refractivity contribution in [2.45, 2.75) is 44.8 Å². The van der Waals surface area contributed by atoms with E-state index in [1.165, 1.54) is 19.0 Å². The van der Waals surface area contributed by atoms with Crippen LogP contribution < -0.4 is 25.8 Å². The number of nitrogens with one attached hydrogen (secondary N) is 2. The molecule has 1 saturated carbocycles. The Labute approximate surface area is 257 Å². The van der Waals surface area contributed by atoms with E-state index in [2.05, 4.69) is 15.6 Å². The Bertz CT molecular complexity index is 1520. The number of nitrogens with zero attached hydrogens (tertiary/aromatic N) is 1. The smallest absolute Gasteiger partial charge is 0.490 e. The molecule has 46 heavy (non-hydrogen) atoms. The third-order valence-electron chi connectivity index (χ3n) is 6.15. The highest BCUT2D eigenvalue weighted by Gasteiger charge is 2.38. The minimum atomic E-state index is -5.08. The molecule has 1 heterocycles. The van der Waals surface area contributed by atoms with Gasteiger partial charge in [-0.3, -0.25) is 9.78 Å². The number of primary amides is 1. The van der Waals surface area contributed by atoms with Gasteiger partial charge in [0.2, 0.25) is 0 Å². The average molecular weight is 665 g/mol. The van der Waals surface area contributed by atoms with Gasteiger partial charge in [-0.15, -0.1) is 0 Å². The molecule has 0 atom stereocenters. The Morgan fingerprint density at radius 1 is 1.02 bits per heavy atom. The molecule has 12 nitrogen and oxygen atoms in total. The predicted molar refractivity (Wildman–Crippen MR) is 151 cm³/mol. The van der Waals surface area contributed by atoms with Crippen LogP contribution in [0.1, 0.15) is 34.3 Å². The molecule has 252 valence electrons. The van der Waals surface area contributed by atoms with E-state index in [1.807, 2.05) is 31.2 Å². The monoisotopic (exact) mass is 664 g/mol. The van der Waals surface area contributed by atoms with Crippen LogP contribution in [-0.2, 0) is 16.2 Å². The second kappa shape index (κ2) is 15.9. The molecule has 18 heteroatoms. The average Bonchev–Trinajstić information content (AvgIpc) is 3.80. The van der Waals surface area contributed by atoms with Crippen LogP contribution in [0.25, 0.3) is 10.9 Å². The van der Waals surface area contributed by atoms with E-state index in [4.69, 9.17) is 35.0 Å². The largest absolute Gasteiger partial charge is 0.493 e. The van der Waals surface area contributed by atoms with Crippen molar-refractivity contribution in [1.29, 1.82) is 0 Å². The summed E-state index contributed by atoms with van der Waals surface area (Å²) in [7, 11) is 1.58. The maximum absolute atomic E-state index is 12.2. The highest BCUT2D eigenvalue weighted by atomic mass is 19.4. The number of fused-ring (bicyclic) bond motifs is 1. The number of alkyl halides is 6. The fourth-order valence-corrected chi connectivity index (χ4v) is 3.63. The summed E-state index contributed by atoms with van der Waals surface area (Å²) in [5.74, 6) is -4.98. The topological polar surface area (TPSA) is 193 Å². The van der Waals surface area contributed by atoms with Crippen LogP contribution in [0.3, 0.4) is 0 Å². The molecular formula is C28H30F6N4O8. The number of aliphatic hydroxyl groups excluding tert-OH is 1. The molecule has 0 unspecified atom stereocenters. The van der Waals surface area contributed by atoms with Crippen molar-refractivity contribution in [2.24, 2.45) is 5.73 Å². The number of aliphatic hydroxyl groups is 1. The summed E-state index contributed by atoms with van der Waals surface area (Å²) in [4.78, 5) is 34.4. The van der Waals surface area contributed by atoms with Crippen LogP contribution in [0.2, 0.25) is 0 Å². The van der Waals surface area contributed by atoms with Crippen LogP contribution in [-0.4, -0.2) is 76.8 Å². The maximum atomic E-state index is 12.2. The van der Waals surface area contributed by atoms with E-state index < -0.39 is 30.2 Å². The van der Waals surface area contributed by atoms with Crippen molar-refractivity contribution in [3.05, 3.63) is 53.2 Å². The molecular weight excluding hydrogens is 634 g/mol. The lowest BCUT2D eigenvalue weighted by atomic mass is 10.0. The number of rotatable bonds is 10. The molecule has 3 aromatic rings. The van der Waals surface area contributed by atoms with Crippen molar-refractivity contribution in [2.75, 3.05) is 25.6 Å². The number of methoxy groups -OCH3 is 1. The van der Waals surface area contributed by atoms with Crippen LogP contribution in [0.5, 0.6) is 11.5 Å². The molecule has 4 rings (SSSR count). The maximum Gasteiger partial charge on any atom is 0.490 e. The number of nitrogens with two attached hydrogens (primary N) is 1. The number of benzene rings is 2. The van der Waals surface area contributed by atoms with Gasteiger partial charge in [-0.25, -0.2) is 9.59 Å². The number of aliphatic carboxylic acids is 2. The van der Waals surface area contributed by atoms with Crippen molar-refractivity contribution in [1.82, 2.24) is 10.3 Å². The minimum Gasteiger partial charge on any atom is -0.493 e. The zero-order chi connectivity index (χ0) is 34.8. The molecule has 1 aliphatic rings. The Morgan fingerprint density at radius 3 is 2.09 bits per heavy atom. The summed E-state index contributed by atoms with van der Waals surface area (Å²) >= 11 is 0. The number of aromatic nitrogens is 1. The van der Waals surface area contributed by atoms with E-state index in [0.29, 0.717) is 40.7 Å². The third kappa shape index (κ3) is 11.0. The van der Waals surface area contributed by atoms with Gasteiger partial charge in [0, 0.05) is 35.9 Å². The van der Waals surface area contributed by atoms with Crippen LogP contribution in [0.4, 0.5) is 37.7 Å². The Morgan fingerprint density at radius 2 is 1.61 bits per heavy atom. The number of amides is 1. The fraction of sp³-hybridized carbons (Fsp3) is 0.357. The van der Waals surface area contributed by atoms with Gasteiger partial charge in [-0.05, 0) is 43.0 Å². The number of carboxylic acid groups (broad SMARTS) is 2. The Hall–Kier alpha value is -4.84. The summed E-state index contributed by atoms with van der Waals surface area (Å²) < 4.78 is 75.0. The number of ether oxygens (including phenoxy) is 2. The molecule has 0 aliphatic heterocycles. The van der Waals surface area contributed by atoms with Gasteiger partial charge >= 0.3 is 24.3 Å². The minimum absolute atomic E-state index is 0.0782. The number of halogens is 6. The first-order chi connectivity index (χ1) is 21.4. The molecule has 0 radical (unpaired) electrons. The SMILES string of the molecule is COc1cc2ncc(C(N)=O)c(Nc3cccc(CO)c3C)c2cc1OCCNC1CC1.O=C(O)C(F)(F)F.O=C(O)C(F)(F)F. The summed E-state index contributed by atoms with van der Waals surface area (Å²) in [5.41, 5.74) is 9.52. The second-order valence-corrected chi connectivity index (χ2v) is 9.49. The zero-order valence-corrected chi connectivity index (χ0v) is 24.3. The lowest BCUT2D eigenvalue weighted by Gasteiger charge is -2.18. The molecule has 2 aromatic carbocycles. The number of carbonyl (C=O) groups excluding carboxylic acids is 1. The molecule has 0 bridgehead atoms. The third-order valence-corrected chi connectivity index (χ3v) is 6.15.